The van der Waals surface area contributed by atoms with Crippen molar-refractivity contribution in [3.8, 4) is 11.4 Å². The Bertz CT molecular complexity index is 964. The standard InChI is InChI=1S/C22H25FN4O/c1-22(2,3)14-19(28)24-12-13-25-21-17-6-4-5-7-18(17)26-20(27-21)15-8-10-16(23)11-9-15/h4-11H,12-14H2,1-3H3,(H,24,28)(H,25,26,27). The lowest BCUT2D eigenvalue weighted by molar-refractivity contribution is -0.122. The molecule has 0 bridgehead atoms. The van der Waals surface area contributed by atoms with Gasteiger partial charge in [-0.15, -0.1) is 0 Å². The van der Waals surface area contributed by atoms with Crippen LogP contribution in [-0.4, -0.2) is 29.0 Å². The minimum atomic E-state index is -0.297. The highest BCUT2D eigenvalue weighted by atomic mass is 19.1. The normalized spacial score (nSPS) is 11.4. The predicted molar refractivity (Wildman–Crippen MR) is 111 cm³/mol. The molecule has 0 saturated heterocycles. The number of anilines is 1. The van der Waals surface area contributed by atoms with Crippen molar-refractivity contribution in [3.05, 3.63) is 54.3 Å². The Hall–Kier alpha value is -3.02. The second-order valence-corrected chi connectivity index (χ2v) is 7.93. The minimum absolute atomic E-state index is 0.0360. The molecule has 1 heterocycles. The number of amides is 1. The molecule has 0 radical (unpaired) electrons. The number of nitrogens with zero attached hydrogens (tertiary/aromatic N) is 2. The maximum absolute atomic E-state index is 13.2. The molecule has 0 spiro atoms. The summed E-state index contributed by atoms with van der Waals surface area (Å²) < 4.78 is 13.2. The number of carbonyl (C=O) groups is 1. The molecular formula is C22H25FN4O. The van der Waals surface area contributed by atoms with Gasteiger partial charge in [0.1, 0.15) is 11.6 Å². The summed E-state index contributed by atoms with van der Waals surface area (Å²) >= 11 is 0. The van der Waals surface area contributed by atoms with Crippen molar-refractivity contribution in [1.29, 1.82) is 0 Å². The molecule has 0 aliphatic heterocycles. The second kappa shape index (κ2) is 8.33. The van der Waals surface area contributed by atoms with Crippen LogP contribution in [0.25, 0.3) is 22.3 Å². The number of benzene rings is 2. The van der Waals surface area contributed by atoms with Gasteiger partial charge < -0.3 is 10.6 Å². The van der Waals surface area contributed by atoms with Crippen LogP contribution < -0.4 is 10.6 Å². The number of nitrogens with one attached hydrogen (secondary N) is 2. The molecule has 3 rings (SSSR count). The van der Waals surface area contributed by atoms with Crippen LogP contribution in [0.3, 0.4) is 0 Å². The van der Waals surface area contributed by atoms with E-state index < -0.39 is 0 Å². The molecule has 146 valence electrons. The maximum atomic E-state index is 13.2. The van der Waals surface area contributed by atoms with Crippen molar-refractivity contribution in [2.24, 2.45) is 5.41 Å². The van der Waals surface area contributed by atoms with E-state index >= 15 is 0 Å². The van der Waals surface area contributed by atoms with Gasteiger partial charge in [-0.3, -0.25) is 4.79 Å². The second-order valence-electron chi connectivity index (χ2n) is 7.93. The van der Waals surface area contributed by atoms with Crippen LogP contribution in [-0.2, 0) is 4.79 Å². The van der Waals surface area contributed by atoms with Crippen LogP contribution >= 0.6 is 0 Å². The first-order valence-electron chi connectivity index (χ1n) is 9.35. The highest BCUT2D eigenvalue weighted by molar-refractivity contribution is 5.90. The third-order valence-electron chi connectivity index (χ3n) is 4.14. The Labute approximate surface area is 164 Å². The number of aromatic nitrogens is 2. The van der Waals surface area contributed by atoms with E-state index in [0.29, 0.717) is 31.2 Å². The summed E-state index contributed by atoms with van der Waals surface area (Å²) in [6.45, 7) is 7.15. The summed E-state index contributed by atoms with van der Waals surface area (Å²) in [5.41, 5.74) is 1.51. The fourth-order valence-corrected chi connectivity index (χ4v) is 2.87. The number of carbonyl (C=O) groups excluding carboxylic acids is 1. The average Bonchev–Trinajstić information content (AvgIpc) is 2.64. The lowest BCUT2D eigenvalue weighted by Crippen LogP contribution is -2.31. The zero-order valence-corrected chi connectivity index (χ0v) is 16.4. The number of halogens is 1. The van der Waals surface area contributed by atoms with E-state index in [9.17, 15) is 9.18 Å². The van der Waals surface area contributed by atoms with Crippen LogP contribution in [0.1, 0.15) is 27.2 Å². The number of hydrogen-bond acceptors (Lipinski definition) is 4. The molecule has 1 amide bonds. The average molecular weight is 380 g/mol. The van der Waals surface area contributed by atoms with Gasteiger partial charge in [0.25, 0.3) is 0 Å². The molecule has 28 heavy (non-hydrogen) atoms. The first-order valence-corrected chi connectivity index (χ1v) is 9.35. The highest BCUT2D eigenvalue weighted by Crippen LogP contribution is 2.25. The number of para-hydroxylation sites is 1. The van der Waals surface area contributed by atoms with Gasteiger partial charge in [-0.05, 0) is 41.8 Å². The maximum Gasteiger partial charge on any atom is 0.220 e. The number of fused-ring (bicyclic) bond motifs is 1. The number of hydrogen-bond donors (Lipinski definition) is 2. The molecule has 2 N–H and O–H groups in total. The van der Waals surface area contributed by atoms with Gasteiger partial charge in [-0.1, -0.05) is 32.9 Å². The van der Waals surface area contributed by atoms with Gasteiger partial charge in [-0.2, -0.15) is 0 Å². The smallest absolute Gasteiger partial charge is 0.220 e. The van der Waals surface area contributed by atoms with E-state index in [1.54, 1.807) is 12.1 Å². The Kier molecular flexibility index (Phi) is 5.87. The Morgan fingerprint density at radius 1 is 1.00 bits per heavy atom. The van der Waals surface area contributed by atoms with Crippen molar-refractivity contribution in [2.75, 3.05) is 18.4 Å². The molecular weight excluding hydrogens is 355 g/mol. The lowest BCUT2D eigenvalue weighted by atomic mass is 9.92. The van der Waals surface area contributed by atoms with Gasteiger partial charge in [0.2, 0.25) is 5.91 Å². The van der Waals surface area contributed by atoms with E-state index in [1.807, 2.05) is 45.0 Å². The zero-order valence-electron chi connectivity index (χ0n) is 16.4. The van der Waals surface area contributed by atoms with Gasteiger partial charge in [-0.25, -0.2) is 14.4 Å². The zero-order chi connectivity index (χ0) is 20.1. The van der Waals surface area contributed by atoms with E-state index in [0.717, 1.165) is 16.5 Å². The largest absolute Gasteiger partial charge is 0.368 e. The first-order chi connectivity index (χ1) is 13.3. The molecule has 0 saturated carbocycles. The molecule has 0 fully saturated rings. The third-order valence-corrected chi connectivity index (χ3v) is 4.14. The lowest BCUT2D eigenvalue weighted by Gasteiger charge is -2.17. The summed E-state index contributed by atoms with van der Waals surface area (Å²) in [5.74, 6) is 0.954. The Morgan fingerprint density at radius 2 is 1.71 bits per heavy atom. The highest BCUT2D eigenvalue weighted by Gasteiger charge is 2.15. The molecule has 0 aliphatic rings. The van der Waals surface area contributed by atoms with Gasteiger partial charge >= 0.3 is 0 Å². The van der Waals surface area contributed by atoms with Crippen molar-refractivity contribution in [3.63, 3.8) is 0 Å². The van der Waals surface area contributed by atoms with Crippen LogP contribution in [0.5, 0.6) is 0 Å². The van der Waals surface area contributed by atoms with Crippen LogP contribution in [0, 0.1) is 11.2 Å². The Balaban J connectivity index is 1.74. The third kappa shape index (κ3) is 5.25. The van der Waals surface area contributed by atoms with Crippen molar-refractivity contribution < 1.29 is 9.18 Å². The fraction of sp³-hybridized carbons (Fsp3) is 0.318. The fourth-order valence-electron chi connectivity index (χ4n) is 2.87. The van der Waals surface area contributed by atoms with Crippen molar-refractivity contribution >= 4 is 22.6 Å². The molecule has 2 aromatic carbocycles. The van der Waals surface area contributed by atoms with E-state index in [2.05, 4.69) is 20.6 Å². The minimum Gasteiger partial charge on any atom is -0.368 e. The summed E-state index contributed by atoms with van der Waals surface area (Å²) in [5, 5.41) is 7.11. The summed E-state index contributed by atoms with van der Waals surface area (Å²) in [6.07, 6.45) is 0.484. The molecule has 3 aromatic rings. The monoisotopic (exact) mass is 380 g/mol. The summed E-state index contributed by atoms with van der Waals surface area (Å²) in [4.78, 5) is 21.2. The molecule has 6 heteroatoms. The van der Waals surface area contributed by atoms with Crippen LogP contribution in [0.2, 0.25) is 0 Å². The van der Waals surface area contributed by atoms with Gasteiger partial charge in [0.05, 0.1) is 5.52 Å². The number of rotatable bonds is 6. The predicted octanol–water partition coefficient (Wildman–Crippen LogP) is 4.40. The summed E-state index contributed by atoms with van der Waals surface area (Å²) in [6, 6.07) is 13.8. The van der Waals surface area contributed by atoms with E-state index in [4.69, 9.17) is 0 Å². The van der Waals surface area contributed by atoms with Crippen LogP contribution in [0.4, 0.5) is 10.2 Å². The molecule has 0 unspecified atom stereocenters. The van der Waals surface area contributed by atoms with Gasteiger partial charge in [0.15, 0.2) is 5.82 Å². The van der Waals surface area contributed by atoms with Crippen LogP contribution in [0.15, 0.2) is 48.5 Å². The van der Waals surface area contributed by atoms with Gasteiger partial charge in [0, 0.05) is 30.5 Å². The molecule has 0 aliphatic carbocycles. The first kappa shape index (κ1) is 19.7. The molecule has 1 aromatic heterocycles. The quantitative estimate of drug-likeness (QED) is 0.622. The summed E-state index contributed by atoms with van der Waals surface area (Å²) in [7, 11) is 0. The molecule has 5 nitrogen and oxygen atoms in total. The van der Waals surface area contributed by atoms with E-state index in [1.165, 1.54) is 12.1 Å². The van der Waals surface area contributed by atoms with E-state index in [-0.39, 0.29) is 17.1 Å². The van der Waals surface area contributed by atoms with Crippen molar-refractivity contribution in [1.82, 2.24) is 15.3 Å². The molecule has 0 atom stereocenters. The SMILES string of the molecule is CC(C)(C)CC(=O)NCCNc1nc(-c2ccc(F)cc2)nc2ccccc12. The van der Waals surface area contributed by atoms with Crippen molar-refractivity contribution in [2.45, 2.75) is 27.2 Å². The topological polar surface area (TPSA) is 66.9 Å². The Morgan fingerprint density at radius 3 is 2.43 bits per heavy atom.